The highest BCUT2D eigenvalue weighted by Crippen LogP contribution is 2.41. The maximum atomic E-state index is 12.1. The molecule has 7 heteroatoms. The van der Waals surface area contributed by atoms with E-state index in [2.05, 4.69) is 27.2 Å². The van der Waals surface area contributed by atoms with Crippen molar-refractivity contribution in [3.63, 3.8) is 0 Å². The van der Waals surface area contributed by atoms with Crippen molar-refractivity contribution in [1.82, 2.24) is 20.0 Å². The minimum atomic E-state index is -0.117. The first-order valence-corrected chi connectivity index (χ1v) is 7.88. The molecule has 25 heavy (non-hydrogen) atoms. The quantitative estimate of drug-likeness (QED) is 0.768. The van der Waals surface area contributed by atoms with Gasteiger partial charge in [-0.2, -0.15) is 10.2 Å². The molecule has 0 spiro atoms. The lowest BCUT2D eigenvalue weighted by atomic mass is 9.86. The molecule has 0 saturated carbocycles. The maximum Gasteiger partial charge on any atom is 0.226 e. The highest BCUT2D eigenvalue weighted by atomic mass is 16.5. The van der Waals surface area contributed by atoms with E-state index in [0.29, 0.717) is 12.2 Å². The molecule has 2 aromatic heterocycles. The predicted molar refractivity (Wildman–Crippen MR) is 94.3 cm³/mol. The van der Waals surface area contributed by atoms with Crippen LogP contribution in [0.25, 0.3) is 17.5 Å². The highest BCUT2D eigenvalue weighted by Gasteiger charge is 2.32. The van der Waals surface area contributed by atoms with Crippen LogP contribution in [0.3, 0.4) is 0 Å². The first kappa shape index (κ1) is 15.2. The Balaban J connectivity index is 1.81. The number of carbonyl (C=O) groups excluding carboxylic acids is 1. The molecule has 7 nitrogen and oxygen atoms in total. The zero-order valence-electron chi connectivity index (χ0n) is 13.7. The Hall–Kier alpha value is -3.35. The van der Waals surface area contributed by atoms with Gasteiger partial charge < -0.3 is 10.1 Å². The molecule has 4 rings (SSSR count). The van der Waals surface area contributed by atoms with E-state index in [1.807, 2.05) is 30.5 Å². The molecule has 1 aliphatic rings. The number of H-pyrrole nitrogens is 1. The van der Waals surface area contributed by atoms with E-state index in [9.17, 15) is 4.79 Å². The molecule has 0 saturated heterocycles. The van der Waals surface area contributed by atoms with Gasteiger partial charge >= 0.3 is 0 Å². The van der Waals surface area contributed by atoms with Gasteiger partial charge in [0.2, 0.25) is 5.91 Å². The number of rotatable bonds is 4. The van der Waals surface area contributed by atoms with E-state index in [4.69, 9.17) is 4.74 Å². The van der Waals surface area contributed by atoms with Crippen molar-refractivity contribution >= 4 is 17.9 Å². The lowest BCUT2D eigenvalue weighted by molar-refractivity contribution is -0.116. The number of benzene rings is 1. The van der Waals surface area contributed by atoms with Crippen LogP contribution < -0.4 is 10.1 Å². The van der Waals surface area contributed by atoms with Crippen LogP contribution in [0, 0.1) is 0 Å². The third-order valence-electron chi connectivity index (χ3n) is 4.39. The molecule has 1 atom stereocenters. The molecular formula is C18H17N5O2. The first-order valence-electron chi connectivity index (χ1n) is 7.88. The molecule has 0 aliphatic carbocycles. The average Bonchev–Trinajstić information content (AvgIpc) is 3.28. The van der Waals surface area contributed by atoms with Gasteiger partial charge in [0.1, 0.15) is 5.75 Å². The van der Waals surface area contributed by atoms with Gasteiger partial charge in [-0.3, -0.25) is 9.89 Å². The van der Waals surface area contributed by atoms with Crippen molar-refractivity contribution in [2.24, 2.45) is 0 Å². The van der Waals surface area contributed by atoms with E-state index < -0.39 is 0 Å². The number of anilines is 1. The molecule has 1 aliphatic heterocycles. The molecule has 1 amide bonds. The number of fused-ring (bicyclic) bond motifs is 1. The Morgan fingerprint density at radius 2 is 2.16 bits per heavy atom. The molecule has 0 unspecified atom stereocenters. The van der Waals surface area contributed by atoms with E-state index in [0.717, 1.165) is 28.1 Å². The van der Waals surface area contributed by atoms with Crippen molar-refractivity contribution in [3.05, 3.63) is 54.4 Å². The number of amides is 1. The third-order valence-corrected chi connectivity index (χ3v) is 4.39. The maximum absolute atomic E-state index is 12.1. The molecule has 126 valence electrons. The van der Waals surface area contributed by atoms with Gasteiger partial charge in [-0.1, -0.05) is 6.58 Å². The highest BCUT2D eigenvalue weighted by molar-refractivity contribution is 5.96. The number of nitrogens with zero attached hydrogens (tertiary/aromatic N) is 3. The summed E-state index contributed by atoms with van der Waals surface area (Å²) in [6.45, 7) is 3.71. The fraction of sp³-hybridized carbons (Fsp3) is 0.167. The average molecular weight is 335 g/mol. The second kappa shape index (κ2) is 5.94. The van der Waals surface area contributed by atoms with Crippen molar-refractivity contribution in [1.29, 1.82) is 0 Å². The summed E-state index contributed by atoms with van der Waals surface area (Å²) in [4.78, 5) is 12.1. The van der Waals surface area contributed by atoms with Crippen LogP contribution in [-0.2, 0) is 4.79 Å². The van der Waals surface area contributed by atoms with Gasteiger partial charge in [-0.25, -0.2) is 4.68 Å². The van der Waals surface area contributed by atoms with Crippen LogP contribution >= 0.6 is 0 Å². The molecule has 2 N–H and O–H groups in total. The Kier molecular flexibility index (Phi) is 3.61. The lowest BCUT2D eigenvalue weighted by Crippen LogP contribution is -2.23. The standard InChI is InChI=1S/C18H17N5O2/c1-3-23-10-12(9-19-23)14-8-15(24)20-18-16(14)17(21-22-18)11-4-6-13(25-2)7-5-11/h3-7,9-10,14H,1,8H2,2H3,(H2,20,21,22,24)/t14-/m0/s1. The summed E-state index contributed by atoms with van der Waals surface area (Å²) < 4.78 is 6.85. The number of carbonyl (C=O) groups is 1. The van der Waals surface area contributed by atoms with Crippen molar-refractivity contribution < 1.29 is 9.53 Å². The van der Waals surface area contributed by atoms with Crippen LogP contribution in [0.2, 0.25) is 0 Å². The Labute approximate surface area is 144 Å². The Bertz CT molecular complexity index is 939. The minimum Gasteiger partial charge on any atom is -0.497 e. The van der Waals surface area contributed by atoms with E-state index in [1.54, 1.807) is 24.2 Å². The molecule has 0 radical (unpaired) electrons. The van der Waals surface area contributed by atoms with E-state index in [-0.39, 0.29) is 11.8 Å². The second-order valence-corrected chi connectivity index (χ2v) is 5.83. The number of nitrogens with one attached hydrogen (secondary N) is 2. The predicted octanol–water partition coefficient (Wildman–Crippen LogP) is 2.86. The fourth-order valence-electron chi connectivity index (χ4n) is 3.15. The summed E-state index contributed by atoms with van der Waals surface area (Å²) in [5.74, 6) is 1.18. The smallest absolute Gasteiger partial charge is 0.226 e. The van der Waals surface area contributed by atoms with Gasteiger partial charge in [0.15, 0.2) is 5.82 Å². The summed E-state index contributed by atoms with van der Waals surface area (Å²) in [6.07, 6.45) is 5.61. The SMILES string of the molecule is C=Cn1cc([C@@H]2CC(=O)Nc3n[nH]c(-c4ccc(OC)cc4)c32)cn1. The molecule has 0 bridgehead atoms. The summed E-state index contributed by atoms with van der Waals surface area (Å²) in [5, 5.41) is 14.4. The van der Waals surface area contributed by atoms with E-state index in [1.165, 1.54) is 0 Å². The van der Waals surface area contributed by atoms with Crippen LogP contribution in [0.5, 0.6) is 5.75 Å². The normalized spacial score (nSPS) is 16.2. The molecular weight excluding hydrogens is 318 g/mol. The molecule has 1 aromatic carbocycles. The zero-order valence-corrected chi connectivity index (χ0v) is 13.7. The van der Waals surface area contributed by atoms with Gasteiger partial charge in [0, 0.05) is 35.9 Å². The summed E-state index contributed by atoms with van der Waals surface area (Å²) >= 11 is 0. The lowest BCUT2D eigenvalue weighted by Gasteiger charge is -2.22. The fourth-order valence-corrected chi connectivity index (χ4v) is 3.15. The van der Waals surface area contributed by atoms with Crippen molar-refractivity contribution in [3.8, 4) is 17.0 Å². The molecule has 3 aromatic rings. The Morgan fingerprint density at radius 1 is 1.36 bits per heavy atom. The second-order valence-electron chi connectivity index (χ2n) is 5.83. The number of aromatic nitrogens is 4. The number of aromatic amines is 1. The number of hydrogen-bond acceptors (Lipinski definition) is 4. The van der Waals surface area contributed by atoms with Crippen LogP contribution in [-0.4, -0.2) is 33.0 Å². The van der Waals surface area contributed by atoms with E-state index >= 15 is 0 Å². The molecule has 0 fully saturated rings. The van der Waals surface area contributed by atoms with Crippen LogP contribution in [0.4, 0.5) is 5.82 Å². The van der Waals surface area contributed by atoms with Crippen LogP contribution in [0.1, 0.15) is 23.5 Å². The number of hydrogen-bond donors (Lipinski definition) is 2. The van der Waals surface area contributed by atoms with Gasteiger partial charge in [0.25, 0.3) is 0 Å². The summed E-state index contributed by atoms with van der Waals surface area (Å²) in [5.41, 5.74) is 3.78. The summed E-state index contributed by atoms with van der Waals surface area (Å²) in [7, 11) is 1.63. The molecule has 3 heterocycles. The van der Waals surface area contributed by atoms with Crippen molar-refractivity contribution in [2.45, 2.75) is 12.3 Å². The number of ether oxygens (including phenoxy) is 1. The van der Waals surface area contributed by atoms with Gasteiger partial charge in [-0.05, 0) is 29.8 Å². The topological polar surface area (TPSA) is 84.8 Å². The minimum absolute atomic E-state index is 0.0587. The Morgan fingerprint density at radius 3 is 2.84 bits per heavy atom. The monoisotopic (exact) mass is 335 g/mol. The third kappa shape index (κ3) is 2.59. The largest absolute Gasteiger partial charge is 0.497 e. The summed E-state index contributed by atoms with van der Waals surface area (Å²) in [6, 6.07) is 7.73. The zero-order chi connectivity index (χ0) is 17.4. The van der Waals surface area contributed by atoms with Crippen molar-refractivity contribution in [2.75, 3.05) is 12.4 Å². The van der Waals surface area contributed by atoms with Crippen LogP contribution in [0.15, 0.2) is 43.2 Å². The van der Waals surface area contributed by atoms with Gasteiger partial charge in [0.05, 0.1) is 19.0 Å². The first-order chi connectivity index (χ1) is 12.2. The number of methoxy groups -OCH3 is 1. The van der Waals surface area contributed by atoms with Gasteiger partial charge in [-0.15, -0.1) is 0 Å².